The number of anilines is 1. The molecule has 0 aliphatic carbocycles. The quantitative estimate of drug-likeness (QED) is 0.578. The number of nitro benzene ring substituents is 1. The highest BCUT2D eigenvalue weighted by molar-refractivity contribution is 7.89. The maximum Gasteiger partial charge on any atom is 0.293 e. The van der Waals surface area contributed by atoms with E-state index in [2.05, 4.69) is 10.0 Å². The van der Waals surface area contributed by atoms with Gasteiger partial charge in [-0.1, -0.05) is 18.2 Å². The van der Waals surface area contributed by atoms with Crippen LogP contribution in [0, 0.1) is 10.1 Å². The lowest BCUT2D eigenvalue weighted by Gasteiger charge is -2.27. The molecule has 8 nitrogen and oxygen atoms in total. The largest absolute Gasteiger partial charge is 0.493 e. The van der Waals surface area contributed by atoms with Crippen LogP contribution < -0.4 is 14.8 Å². The van der Waals surface area contributed by atoms with E-state index in [4.69, 9.17) is 4.74 Å². The molecular weight excluding hydrogens is 370 g/mol. The molecule has 0 unspecified atom stereocenters. The SMILES string of the molecule is CC(C)NS(=O)(=O)c1ccc(N[C@H]2CCOc3ccccc32)c([N+](=O)[O-])c1. The fourth-order valence-electron chi connectivity index (χ4n) is 3.01. The van der Waals surface area contributed by atoms with E-state index >= 15 is 0 Å². The lowest BCUT2D eigenvalue weighted by Crippen LogP contribution is -2.30. The third kappa shape index (κ3) is 4.20. The topological polar surface area (TPSA) is 111 Å². The number of rotatable bonds is 6. The van der Waals surface area contributed by atoms with Crippen molar-refractivity contribution in [3.8, 4) is 5.75 Å². The Labute approximate surface area is 157 Å². The van der Waals surface area contributed by atoms with E-state index in [9.17, 15) is 18.5 Å². The number of nitrogens with zero attached hydrogens (tertiary/aromatic N) is 1. The first-order valence-electron chi connectivity index (χ1n) is 8.57. The van der Waals surface area contributed by atoms with Crippen LogP contribution in [0.2, 0.25) is 0 Å². The molecule has 0 amide bonds. The predicted molar refractivity (Wildman–Crippen MR) is 101 cm³/mol. The van der Waals surface area contributed by atoms with Crippen LogP contribution in [0.25, 0.3) is 0 Å². The number of ether oxygens (including phenoxy) is 1. The van der Waals surface area contributed by atoms with Gasteiger partial charge in [-0.3, -0.25) is 10.1 Å². The smallest absolute Gasteiger partial charge is 0.293 e. The van der Waals surface area contributed by atoms with Crippen LogP contribution in [-0.2, 0) is 10.0 Å². The molecule has 1 atom stereocenters. The van der Waals surface area contributed by atoms with Crippen molar-refractivity contribution in [3.63, 3.8) is 0 Å². The summed E-state index contributed by atoms with van der Waals surface area (Å²) < 4.78 is 32.7. The number of hydrogen-bond donors (Lipinski definition) is 2. The van der Waals surface area contributed by atoms with Crippen molar-refractivity contribution in [2.75, 3.05) is 11.9 Å². The Morgan fingerprint density at radius 2 is 1.96 bits per heavy atom. The molecule has 1 aliphatic rings. The third-order valence-electron chi connectivity index (χ3n) is 4.16. The molecule has 1 aliphatic heterocycles. The normalized spacial score (nSPS) is 16.5. The first kappa shape index (κ1) is 19.1. The second kappa shape index (κ2) is 7.53. The first-order chi connectivity index (χ1) is 12.8. The molecular formula is C18H21N3O5S. The molecule has 0 radical (unpaired) electrons. The molecule has 9 heteroatoms. The van der Waals surface area contributed by atoms with Gasteiger partial charge in [0.2, 0.25) is 10.0 Å². The summed E-state index contributed by atoms with van der Waals surface area (Å²) in [7, 11) is -3.82. The van der Waals surface area contributed by atoms with Crippen molar-refractivity contribution in [1.29, 1.82) is 0 Å². The number of sulfonamides is 1. The lowest BCUT2D eigenvalue weighted by molar-refractivity contribution is -0.384. The molecule has 0 aromatic heterocycles. The Hall–Kier alpha value is -2.65. The first-order valence-corrected chi connectivity index (χ1v) is 10.1. The van der Waals surface area contributed by atoms with Crippen LogP contribution in [0.1, 0.15) is 31.9 Å². The molecule has 3 rings (SSSR count). The Kier molecular flexibility index (Phi) is 5.33. The van der Waals surface area contributed by atoms with E-state index in [0.29, 0.717) is 13.0 Å². The molecule has 0 fully saturated rings. The molecule has 2 aromatic carbocycles. The summed E-state index contributed by atoms with van der Waals surface area (Å²) in [5, 5.41) is 14.7. The van der Waals surface area contributed by atoms with Gasteiger partial charge >= 0.3 is 0 Å². The Morgan fingerprint density at radius 1 is 1.22 bits per heavy atom. The number of para-hydroxylation sites is 1. The van der Waals surface area contributed by atoms with E-state index in [0.717, 1.165) is 17.4 Å². The van der Waals surface area contributed by atoms with Crippen LogP contribution in [0.4, 0.5) is 11.4 Å². The minimum absolute atomic E-state index is 0.138. The van der Waals surface area contributed by atoms with Gasteiger partial charge in [-0.25, -0.2) is 13.1 Å². The van der Waals surface area contributed by atoms with Crippen LogP contribution in [0.5, 0.6) is 5.75 Å². The van der Waals surface area contributed by atoms with Crippen molar-refractivity contribution in [2.24, 2.45) is 0 Å². The molecule has 0 bridgehead atoms. The summed E-state index contributed by atoms with van der Waals surface area (Å²) >= 11 is 0. The van der Waals surface area contributed by atoms with Gasteiger partial charge in [0.1, 0.15) is 11.4 Å². The van der Waals surface area contributed by atoms with E-state index in [1.165, 1.54) is 12.1 Å². The summed E-state index contributed by atoms with van der Waals surface area (Å²) in [6.07, 6.45) is 0.642. The summed E-state index contributed by atoms with van der Waals surface area (Å²) in [4.78, 5) is 10.8. The number of hydrogen-bond acceptors (Lipinski definition) is 6. The van der Waals surface area contributed by atoms with Gasteiger partial charge in [-0.15, -0.1) is 0 Å². The second-order valence-corrected chi connectivity index (χ2v) is 8.30. The zero-order valence-corrected chi connectivity index (χ0v) is 15.8. The van der Waals surface area contributed by atoms with Crippen LogP contribution in [0.3, 0.4) is 0 Å². The number of nitro groups is 1. The number of benzene rings is 2. The monoisotopic (exact) mass is 391 g/mol. The highest BCUT2D eigenvalue weighted by atomic mass is 32.2. The van der Waals surface area contributed by atoms with Gasteiger partial charge < -0.3 is 10.1 Å². The molecule has 0 spiro atoms. The third-order valence-corrected chi connectivity index (χ3v) is 5.81. The molecule has 144 valence electrons. The summed E-state index contributed by atoms with van der Waals surface area (Å²) in [5.74, 6) is 0.740. The van der Waals surface area contributed by atoms with Crippen LogP contribution in [-0.4, -0.2) is 26.0 Å². The predicted octanol–water partition coefficient (Wildman–Crippen LogP) is 3.22. The van der Waals surface area contributed by atoms with Gasteiger partial charge in [-0.05, 0) is 32.0 Å². The molecule has 0 saturated heterocycles. The van der Waals surface area contributed by atoms with Gasteiger partial charge in [0.25, 0.3) is 5.69 Å². The fourth-order valence-corrected chi connectivity index (χ4v) is 4.28. The second-order valence-electron chi connectivity index (χ2n) is 6.58. The van der Waals surface area contributed by atoms with E-state index in [1.807, 2.05) is 24.3 Å². The average molecular weight is 391 g/mol. The lowest BCUT2D eigenvalue weighted by atomic mass is 10.00. The maximum absolute atomic E-state index is 12.3. The highest BCUT2D eigenvalue weighted by Crippen LogP contribution is 2.37. The van der Waals surface area contributed by atoms with E-state index in [1.54, 1.807) is 13.8 Å². The molecule has 1 heterocycles. The fraction of sp³-hybridized carbons (Fsp3) is 0.333. The van der Waals surface area contributed by atoms with Gasteiger partial charge in [0.15, 0.2) is 0 Å². The van der Waals surface area contributed by atoms with Crippen LogP contribution >= 0.6 is 0 Å². The standard InChI is InChI=1S/C18H21N3O5S/c1-12(2)20-27(24,25)13-7-8-16(17(11-13)21(22)23)19-15-9-10-26-18-6-4-3-5-14(15)18/h3-8,11-12,15,19-20H,9-10H2,1-2H3/t15-/m0/s1. The molecule has 0 saturated carbocycles. The van der Waals surface area contributed by atoms with Crippen molar-refractivity contribution in [2.45, 2.75) is 37.2 Å². The maximum atomic E-state index is 12.3. The van der Waals surface area contributed by atoms with Gasteiger partial charge in [0, 0.05) is 24.1 Å². The Morgan fingerprint density at radius 3 is 2.67 bits per heavy atom. The zero-order chi connectivity index (χ0) is 19.6. The van der Waals surface area contributed by atoms with Gasteiger partial charge in [-0.2, -0.15) is 0 Å². The van der Waals surface area contributed by atoms with Crippen molar-refractivity contribution in [1.82, 2.24) is 4.72 Å². The Bertz CT molecular complexity index is 959. The summed E-state index contributed by atoms with van der Waals surface area (Å²) in [6, 6.07) is 10.9. The number of fused-ring (bicyclic) bond motifs is 1. The molecule has 2 N–H and O–H groups in total. The molecule has 27 heavy (non-hydrogen) atoms. The van der Waals surface area contributed by atoms with E-state index < -0.39 is 14.9 Å². The van der Waals surface area contributed by atoms with Gasteiger partial charge in [0.05, 0.1) is 22.5 Å². The Balaban J connectivity index is 1.94. The minimum Gasteiger partial charge on any atom is -0.493 e. The van der Waals surface area contributed by atoms with Crippen molar-refractivity contribution >= 4 is 21.4 Å². The van der Waals surface area contributed by atoms with Crippen molar-refractivity contribution in [3.05, 3.63) is 58.1 Å². The average Bonchev–Trinajstić information content (AvgIpc) is 2.61. The van der Waals surface area contributed by atoms with Crippen LogP contribution in [0.15, 0.2) is 47.4 Å². The zero-order valence-electron chi connectivity index (χ0n) is 15.0. The summed E-state index contributed by atoms with van der Waals surface area (Å²) in [6.45, 7) is 3.86. The highest BCUT2D eigenvalue weighted by Gasteiger charge is 2.26. The minimum atomic E-state index is -3.82. The van der Waals surface area contributed by atoms with E-state index in [-0.39, 0.29) is 28.4 Å². The molecule has 2 aromatic rings. The number of nitrogens with one attached hydrogen (secondary N) is 2. The summed E-state index contributed by atoms with van der Waals surface area (Å²) in [5.41, 5.74) is 0.895. The van der Waals surface area contributed by atoms with Crippen molar-refractivity contribution < 1.29 is 18.1 Å².